The Labute approximate surface area is 107 Å². The van der Waals surface area contributed by atoms with E-state index in [2.05, 4.69) is 15.9 Å². The molecule has 1 fully saturated rings. The number of nitrogens with two attached hydrogens (primary N) is 1. The molecule has 0 bridgehead atoms. The molecule has 2 rings (SSSR count). The van der Waals surface area contributed by atoms with Crippen LogP contribution in [0, 0.1) is 11.6 Å². The fraction of sp³-hybridized carbons (Fsp3) is 0.455. The van der Waals surface area contributed by atoms with Crippen molar-refractivity contribution >= 4 is 27.3 Å². The number of anilines is 2. The summed E-state index contributed by atoms with van der Waals surface area (Å²) in [7, 11) is 1.60. The minimum Gasteiger partial charge on any atom is -0.398 e. The molecule has 1 atom stereocenters. The Hall–Kier alpha value is -0.880. The lowest BCUT2D eigenvalue weighted by Gasteiger charge is -2.20. The number of hydrogen-bond donors (Lipinski definition) is 1. The number of methoxy groups -OCH3 is 1. The zero-order valence-electron chi connectivity index (χ0n) is 9.34. The highest BCUT2D eigenvalue weighted by atomic mass is 79.9. The Bertz CT molecular complexity index is 442. The molecule has 1 aliphatic heterocycles. The van der Waals surface area contributed by atoms with Crippen molar-refractivity contribution in [2.24, 2.45) is 0 Å². The first kappa shape index (κ1) is 12.6. The highest BCUT2D eigenvalue weighted by Crippen LogP contribution is 2.35. The summed E-state index contributed by atoms with van der Waals surface area (Å²) in [6, 6.07) is 1.13. The smallest absolute Gasteiger partial charge is 0.165 e. The van der Waals surface area contributed by atoms with Gasteiger partial charge in [-0.25, -0.2) is 8.78 Å². The van der Waals surface area contributed by atoms with Crippen LogP contribution in [0.25, 0.3) is 0 Å². The summed E-state index contributed by atoms with van der Waals surface area (Å²) in [6.45, 7) is 1.06. The number of hydrogen-bond acceptors (Lipinski definition) is 3. The van der Waals surface area contributed by atoms with E-state index in [1.165, 1.54) is 0 Å². The predicted octanol–water partition coefficient (Wildman–Crippen LogP) is 2.53. The van der Waals surface area contributed by atoms with Crippen molar-refractivity contribution in [2.45, 2.75) is 12.5 Å². The second-order valence-electron chi connectivity index (χ2n) is 4.02. The SMILES string of the molecule is COC1CCN(c2c(F)cc(N)c(Br)c2F)C1. The minimum atomic E-state index is -0.653. The fourth-order valence-electron chi connectivity index (χ4n) is 2.02. The number of nitrogen functional groups attached to an aromatic ring is 1. The van der Waals surface area contributed by atoms with E-state index in [1.54, 1.807) is 12.0 Å². The van der Waals surface area contributed by atoms with E-state index in [0.29, 0.717) is 13.1 Å². The summed E-state index contributed by atoms with van der Waals surface area (Å²) in [5.74, 6) is -1.29. The van der Waals surface area contributed by atoms with Crippen LogP contribution in [0.5, 0.6) is 0 Å². The number of ether oxygens (including phenoxy) is 1. The zero-order valence-corrected chi connectivity index (χ0v) is 10.9. The van der Waals surface area contributed by atoms with Gasteiger partial charge in [-0.15, -0.1) is 0 Å². The van der Waals surface area contributed by atoms with E-state index < -0.39 is 11.6 Å². The van der Waals surface area contributed by atoms with E-state index in [-0.39, 0.29) is 22.0 Å². The lowest BCUT2D eigenvalue weighted by Crippen LogP contribution is -2.24. The molecule has 6 heteroatoms. The van der Waals surface area contributed by atoms with Crippen molar-refractivity contribution in [3.8, 4) is 0 Å². The first-order valence-corrected chi connectivity index (χ1v) is 6.04. The van der Waals surface area contributed by atoms with Crippen molar-refractivity contribution < 1.29 is 13.5 Å². The van der Waals surface area contributed by atoms with Crippen LogP contribution in [0.3, 0.4) is 0 Å². The summed E-state index contributed by atoms with van der Waals surface area (Å²) < 4.78 is 33.0. The van der Waals surface area contributed by atoms with Gasteiger partial charge in [0.25, 0.3) is 0 Å². The monoisotopic (exact) mass is 306 g/mol. The van der Waals surface area contributed by atoms with Crippen LogP contribution in [0.15, 0.2) is 10.5 Å². The molecule has 1 heterocycles. The van der Waals surface area contributed by atoms with Crippen LogP contribution in [0.1, 0.15) is 6.42 Å². The minimum absolute atomic E-state index is 0.0186. The van der Waals surface area contributed by atoms with Crippen molar-refractivity contribution in [1.29, 1.82) is 0 Å². The molecule has 1 aliphatic rings. The summed E-state index contributed by atoms with van der Waals surface area (Å²) in [5, 5.41) is 0. The lowest BCUT2D eigenvalue weighted by atomic mass is 10.2. The summed E-state index contributed by atoms with van der Waals surface area (Å²) in [4.78, 5) is 1.64. The Morgan fingerprint density at radius 2 is 2.24 bits per heavy atom. The molecule has 2 N–H and O–H groups in total. The lowest BCUT2D eigenvalue weighted by molar-refractivity contribution is 0.121. The second kappa shape index (κ2) is 4.78. The van der Waals surface area contributed by atoms with Gasteiger partial charge in [-0.3, -0.25) is 0 Å². The van der Waals surface area contributed by atoms with E-state index in [4.69, 9.17) is 10.5 Å². The average Bonchev–Trinajstić information content (AvgIpc) is 2.74. The van der Waals surface area contributed by atoms with Gasteiger partial charge in [0.05, 0.1) is 16.3 Å². The van der Waals surface area contributed by atoms with Gasteiger partial charge in [0.15, 0.2) is 11.6 Å². The second-order valence-corrected chi connectivity index (χ2v) is 4.81. The third kappa shape index (κ3) is 2.24. The molecule has 0 amide bonds. The topological polar surface area (TPSA) is 38.5 Å². The van der Waals surface area contributed by atoms with Gasteiger partial charge in [0.1, 0.15) is 5.69 Å². The van der Waals surface area contributed by atoms with Crippen LogP contribution in [0.2, 0.25) is 0 Å². The molecule has 1 saturated heterocycles. The van der Waals surface area contributed by atoms with Gasteiger partial charge in [0, 0.05) is 26.3 Å². The van der Waals surface area contributed by atoms with Crippen LogP contribution < -0.4 is 10.6 Å². The predicted molar refractivity (Wildman–Crippen MR) is 66.1 cm³/mol. The van der Waals surface area contributed by atoms with E-state index in [9.17, 15) is 8.78 Å². The summed E-state index contributed by atoms with van der Waals surface area (Å²) in [5.41, 5.74) is 5.50. The Kier molecular flexibility index (Phi) is 3.53. The van der Waals surface area contributed by atoms with Crippen molar-refractivity contribution in [2.75, 3.05) is 30.8 Å². The third-order valence-corrected chi connectivity index (χ3v) is 3.76. The fourth-order valence-corrected chi connectivity index (χ4v) is 2.32. The van der Waals surface area contributed by atoms with Gasteiger partial charge in [-0.05, 0) is 22.4 Å². The van der Waals surface area contributed by atoms with Gasteiger partial charge in [0.2, 0.25) is 0 Å². The van der Waals surface area contributed by atoms with Crippen molar-refractivity contribution in [1.82, 2.24) is 0 Å². The molecule has 94 valence electrons. The van der Waals surface area contributed by atoms with Gasteiger partial charge in [-0.1, -0.05) is 0 Å². The molecule has 0 aliphatic carbocycles. The number of benzene rings is 1. The van der Waals surface area contributed by atoms with E-state index >= 15 is 0 Å². The highest BCUT2D eigenvalue weighted by molar-refractivity contribution is 9.10. The Morgan fingerprint density at radius 1 is 1.53 bits per heavy atom. The quantitative estimate of drug-likeness (QED) is 0.674. The molecule has 3 nitrogen and oxygen atoms in total. The molecular weight excluding hydrogens is 294 g/mol. The van der Waals surface area contributed by atoms with Crippen LogP contribution in [0.4, 0.5) is 20.2 Å². The van der Waals surface area contributed by atoms with Gasteiger partial charge in [-0.2, -0.15) is 0 Å². The zero-order chi connectivity index (χ0) is 12.6. The molecule has 1 aromatic carbocycles. The van der Waals surface area contributed by atoms with Gasteiger partial charge < -0.3 is 15.4 Å². The van der Waals surface area contributed by atoms with Crippen LogP contribution in [-0.4, -0.2) is 26.3 Å². The standard InChI is InChI=1S/C11H13BrF2N2O/c1-17-6-2-3-16(5-6)11-7(13)4-8(15)9(12)10(11)14/h4,6H,2-3,5,15H2,1H3. The first-order valence-electron chi connectivity index (χ1n) is 5.25. The summed E-state index contributed by atoms with van der Waals surface area (Å²) >= 11 is 3.02. The van der Waals surface area contributed by atoms with Crippen molar-refractivity contribution in [3.05, 3.63) is 22.2 Å². The molecule has 1 aromatic rings. The number of rotatable bonds is 2. The molecule has 0 radical (unpaired) electrons. The maximum absolute atomic E-state index is 14.0. The molecule has 0 saturated carbocycles. The normalized spacial score (nSPS) is 20.0. The molecule has 0 spiro atoms. The average molecular weight is 307 g/mol. The summed E-state index contributed by atoms with van der Waals surface area (Å²) in [6.07, 6.45) is 0.780. The van der Waals surface area contributed by atoms with Crippen LogP contribution in [-0.2, 0) is 4.74 Å². The van der Waals surface area contributed by atoms with Gasteiger partial charge >= 0.3 is 0 Å². The number of nitrogens with zero attached hydrogens (tertiary/aromatic N) is 1. The molecule has 0 aromatic heterocycles. The Morgan fingerprint density at radius 3 is 2.82 bits per heavy atom. The maximum atomic E-state index is 14.0. The molecular formula is C11H13BrF2N2O. The van der Waals surface area contributed by atoms with E-state index in [1.807, 2.05) is 0 Å². The number of halogens is 3. The Balaban J connectivity index is 2.36. The largest absolute Gasteiger partial charge is 0.398 e. The van der Waals surface area contributed by atoms with Crippen molar-refractivity contribution in [3.63, 3.8) is 0 Å². The molecule has 1 unspecified atom stereocenters. The maximum Gasteiger partial charge on any atom is 0.165 e. The third-order valence-electron chi connectivity index (χ3n) is 2.96. The first-order chi connectivity index (χ1) is 8.04. The van der Waals surface area contributed by atoms with Crippen LogP contribution >= 0.6 is 15.9 Å². The molecule has 17 heavy (non-hydrogen) atoms. The highest BCUT2D eigenvalue weighted by Gasteiger charge is 2.28. The van der Waals surface area contributed by atoms with E-state index in [0.717, 1.165) is 12.5 Å².